The normalized spacial score (nSPS) is 12.3. The molecular weight excluding hydrogens is 1050 g/mol. The van der Waals surface area contributed by atoms with Crippen LogP contribution in [0.15, 0.2) is 276 Å². The van der Waals surface area contributed by atoms with Gasteiger partial charge in [0, 0.05) is 98.5 Å². The topological polar surface area (TPSA) is 41.6 Å². The highest BCUT2D eigenvalue weighted by Crippen LogP contribution is 2.55. The lowest BCUT2D eigenvalue weighted by Crippen LogP contribution is -2.10. The second-order valence-corrected chi connectivity index (χ2v) is 23.3. The Balaban J connectivity index is 0.956. The van der Waals surface area contributed by atoms with Crippen molar-refractivity contribution in [1.82, 2.24) is 8.80 Å². The van der Waals surface area contributed by atoms with Gasteiger partial charge < -0.3 is 27.4 Å². The number of hydrogen-bond acceptors (Lipinski definition) is 4. The van der Waals surface area contributed by atoms with Gasteiger partial charge in [0.25, 0.3) is 0 Å². The molecule has 6 nitrogen and oxygen atoms in total. The van der Waals surface area contributed by atoms with Crippen LogP contribution >= 0.6 is 0 Å². The third-order valence-electron chi connectivity index (χ3n) is 18.4. The summed E-state index contributed by atoms with van der Waals surface area (Å²) in [4.78, 5) is 4.78. The van der Waals surface area contributed by atoms with Crippen molar-refractivity contribution in [3.05, 3.63) is 278 Å². The van der Waals surface area contributed by atoms with Crippen LogP contribution in [0.4, 0.5) is 34.1 Å². The Morgan fingerprint density at radius 3 is 1.10 bits per heavy atom. The number of aryl methyl sites for hydroxylation is 2. The lowest BCUT2D eigenvalue weighted by Gasteiger charge is -2.26. The molecule has 0 aliphatic rings. The molecule has 0 unspecified atom stereocenters. The van der Waals surface area contributed by atoms with Gasteiger partial charge in [-0.2, -0.15) is 0 Å². The van der Waals surface area contributed by atoms with Gasteiger partial charge in [0.1, 0.15) is 11.2 Å². The number of aromatic nitrogens is 2. The van der Waals surface area contributed by atoms with Gasteiger partial charge in [0.05, 0.1) is 44.5 Å². The molecule has 0 radical (unpaired) electrons. The Hall–Kier alpha value is -11.3. The van der Waals surface area contributed by atoms with Crippen LogP contribution in [0.5, 0.6) is 0 Å². The molecule has 0 atom stereocenters. The van der Waals surface area contributed by atoms with Gasteiger partial charge >= 0.3 is 0 Å². The molecule has 13 aromatic carbocycles. The molecule has 0 aliphatic carbocycles. The van der Waals surface area contributed by atoms with Gasteiger partial charge in [-0.3, -0.25) is 0 Å². The van der Waals surface area contributed by atoms with E-state index in [-0.39, 0.29) is 0 Å². The third kappa shape index (κ3) is 6.44. The largest absolute Gasteiger partial charge is 0.454 e. The first-order chi connectivity index (χ1) is 42.5. The summed E-state index contributed by atoms with van der Waals surface area (Å²) in [5.74, 6) is 0. The van der Waals surface area contributed by atoms with Crippen molar-refractivity contribution < 1.29 is 8.83 Å². The van der Waals surface area contributed by atoms with Gasteiger partial charge in [-0.25, -0.2) is 0 Å². The summed E-state index contributed by atoms with van der Waals surface area (Å²) in [6.45, 7) is 4.34. The standard InChI is InChI=1S/C80H50N4O2/c1-47-19-13-25-51(43-47)81(65-35-17-31-61-57-27-9-11-37-69(57)85-79(61)65)53-39-41-55-59-29-15-33-63-73-72(50-23-7-4-8-24-50)78-74(71(49-21-5-3-6-22-49)77(73)83(75(59)63)67(55)45-53)64-34-16-30-60-56-42-40-54(46-68(56)84(78)76(60)64)82(52-26-14-20-48(2)44-52)66-36-18-32-62-58-28-10-12-38-70(58)86-80(62)66/h3-46H,1-2H3. The van der Waals surface area contributed by atoms with Crippen molar-refractivity contribution in [3.63, 3.8) is 0 Å². The summed E-state index contributed by atoms with van der Waals surface area (Å²) in [5, 5.41) is 14.1. The molecule has 86 heavy (non-hydrogen) atoms. The lowest BCUT2D eigenvalue weighted by molar-refractivity contribution is 0.668. The highest BCUT2D eigenvalue weighted by molar-refractivity contribution is 6.38. The molecule has 0 bridgehead atoms. The van der Waals surface area contributed by atoms with Gasteiger partial charge in [-0.15, -0.1) is 0 Å². The number of hydrogen-bond donors (Lipinski definition) is 0. The van der Waals surface area contributed by atoms with Gasteiger partial charge in [0.15, 0.2) is 11.2 Å². The van der Waals surface area contributed by atoms with Gasteiger partial charge in [-0.05, 0) is 109 Å². The molecule has 0 fully saturated rings. The van der Waals surface area contributed by atoms with Crippen LogP contribution in [0.25, 0.3) is 142 Å². The third-order valence-corrected chi connectivity index (χ3v) is 18.4. The zero-order chi connectivity index (χ0) is 56.5. The summed E-state index contributed by atoms with van der Waals surface area (Å²) in [6, 6.07) is 97.8. The van der Waals surface area contributed by atoms with E-state index in [1.54, 1.807) is 0 Å². The monoisotopic (exact) mass is 1100 g/mol. The number of benzene rings is 13. The van der Waals surface area contributed by atoms with Crippen LogP contribution in [0.3, 0.4) is 0 Å². The Bertz CT molecular complexity index is 5630. The number of nitrogens with zero attached hydrogens (tertiary/aromatic N) is 4. The second kappa shape index (κ2) is 17.6. The molecule has 6 heteroatoms. The molecule has 402 valence electrons. The van der Waals surface area contributed by atoms with E-state index in [1.807, 2.05) is 12.1 Å². The molecule has 6 heterocycles. The maximum atomic E-state index is 6.84. The van der Waals surface area contributed by atoms with Gasteiger partial charge in [0.2, 0.25) is 0 Å². The molecular formula is C80H50N4O2. The molecule has 0 amide bonds. The minimum atomic E-state index is 0.853. The number of para-hydroxylation sites is 6. The lowest BCUT2D eigenvalue weighted by atomic mass is 9.89. The predicted molar refractivity (Wildman–Crippen MR) is 360 cm³/mol. The van der Waals surface area contributed by atoms with E-state index < -0.39 is 0 Å². The van der Waals surface area contributed by atoms with Crippen molar-refractivity contribution in [2.45, 2.75) is 13.8 Å². The maximum absolute atomic E-state index is 6.84. The molecule has 0 saturated carbocycles. The molecule has 0 spiro atoms. The summed E-state index contributed by atoms with van der Waals surface area (Å²) >= 11 is 0. The quantitative estimate of drug-likeness (QED) is 0.152. The highest BCUT2D eigenvalue weighted by Gasteiger charge is 2.32. The summed E-state index contributed by atoms with van der Waals surface area (Å²) in [5.41, 5.74) is 23.8. The van der Waals surface area contributed by atoms with E-state index in [0.29, 0.717) is 0 Å². The zero-order valence-corrected chi connectivity index (χ0v) is 47.0. The first kappa shape index (κ1) is 47.2. The fourth-order valence-corrected chi connectivity index (χ4v) is 14.9. The maximum Gasteiger partial charge on any atom is 0.159 e. The van der Waals surface area contributed by atoms with Crippen molar-refractivity contribution in [3.8, 4) is 22.3 Å². The van der Waals surface area contributed by atoms with E-state index in [2.05, 4.69) is 287 Å². The smallest absolute Gasteiger partial charge is 0.159 e. The molecule has 19 aromatic rings. The van der Waals surface area contributed by atoms with Crippen LogP contribution in [0.1, 0.15) is 11.1 Å². The predicted octanol–water partition coefficient (Wildman–Crippen LogP) is 22.7. The number of fused-ring (bicyclic) bond motifs is 18. The number of rotatable bonds is 8. The SMILES string of the molecule is Cc1cccc(N(c2ccc3c4cccc5c6c(-c7ccccc7)c7c(c(-c8ccccc8)c6n(c3c2)c45)c2cccc3c4ccc(N(c5cccc(C)c5)c5cccc6c5oc5ccccc56)cc4n7c32)c2cccc3c2oc2ccccc23)c1. The van der Waals surface area contributed by atoms with Crippen molar-refractivity contribution in [2.24, 2.45) is 0 Å². The van der Waals surface area contributed by atoms with E-state index in [0.717, 1.165) is 100 Å². The minimum absolute atomic E-state index is 0.853. The average molecular weight is 1100 g/mol. The van der Waals surface area contributed by atoms with Crippen molar-refractivity contribution in [1.29, 1.82) is 0 Å². The molecule has 0 N–H and O–H groups in total. The van der Waals surface area contributed by atoms with Crippen LogP contribution in [-0.2, 0) is 0 Å². The minimum Gasteiger partial charge on any atom is -0.454 e. The van der Waals surface area contributed by atoms with Crippen LogP contribution < -0.4 is 9.80 Å². The van der Waals surface area contributed by atoms with Crippen LogP contribution in [0.2, 0.25) is 0 Å². The van der Waals surface area contributed by atoms with Crippen LogP contribution in [-0.4, -0.2) is 8.80 Å². The summed E-state index contributed by atoms with van der Waals surface area (Å²) < 4.78 is 18.9. The number of furan rings is 2. The number of anilines is 6. The van der Waals surface area contributed by atoms with Crippen LogP contribution in [0, 0.1) is 13.8 Å². The Morgan fingerprint density at radius 1 is 0.279 bits per heavy atom. The van der Waals surface area contributed by atoms with E-state index >= 15 is 0 Å². The van der Waals surface area contributed by atoms with Crippen molar-refractivity contribution >= 4 is 154 Å². The zero-order valence-electron chi connectivity index (χ0n) is 47.0. The molecule has 0 aliphatic heterocycles. The highest BCUT2D eigenvalue weighted by atomic mass is 16.3. The Morgan fingerprint density at radius 2 is 0.651 bits per heavy atom. The summed E-state index contributed by atoms with van der Waals surface area (Å²) in [6.07, 6.45) is 0. The fraction of sp³-hybridized carbons (Fsp3) is 0.0250. The van der Waals surface area contributed by atoms with E-state index in [1.165, 1.54) is 87.4 Å². The Kier molecular flexibility index (Phi) is 9.65. The fourth-order valence-electron chi connectivity index (χ4n) is 14.9. The average Bonchev–Trinajstić information content (AvgIpc) is 1.54. The molecule has 0 saturated heterocycles. The second-order valence-electron chi connectivity index (χ2n) is 23.3. The van der Waals surface area contributed by atoms with Crippen molar-refractivity contribution in [2.75, 3.05) is 9.80 Å². The molecule has 19 rings (SSSR count). The first-order valence-electron chi connectivity index (χ1n) is 29.6. The molecule has 6 aromatic heterocycles. The summed E-state index contributed by atoms with van der Waals surface area (Å²) in [7, 11) is 0. The van der Waals surface area contributed by atoms with Gasteiger partial charge in [-0.1, -0.05) is 194 Å². The first-order valence-corrected chi connectivity index (χ1v) is 29.6. The van der Waals surface area contributed by atoms with E-state index in [9.17, 15) is 0 Å². The van der Waals surface area contributed by atoms with E-state index in [4.69, 9.17) is 8.83 Å². The Labute approximate surface area is 493 Å².